The Bertz CT molecular complexity index is 1090. The van der Waals surface area contributed by atoms with Crippen LogP contribution in [0.2, 0.25) is 0 Å². The molecular weight excluding hydrogens is 378 g/mol. The maximum absolute atomic E-state index is 11.2. The second-order valence-corrected chi connectivity index (χ2v) is 7.28. The summed E-state index contributed by atoms with van der Waals surface area (Å²) in [6.07, 6.45) is 2.31. The standard InChI is InChI=1S/C20H17N5O2.ClH/c21-12-20(19-22-15-4-1-2-5-16(15)23-19)11-13-10-14(25(26)27)7-8-17(13)24-9-3-6-18(20)24;/h1-2,4-5,7-8,10,18H,3,6,9,11H2,(H,22,23);1H. The molecule has 0 amide bonds. The summed E-state index contributed by atoms with van der Waals surface area (Å²) in [7, 11) is 0. The first kappa shape index (κ1) is 18.3. The van der Waals surface area contributed by atoms with Crippen LogP contribution in [-0.2, 0) is 11.8 Å². The quantitative estimate of drug-likeness (QED) is 0.524. The average molecular weight is 396 g/mol. The van der Waals surface area contributed by atoms with E-state index in [2.05, 4.69) is 16.0 Å². The number of anilines is 1. The van der Waals surface area contributed by atoms with Gasteiger partial charge in [0.25, 0.3) is 5.69 Å². The zero-order valence-corrected chi connectivity index (χ0v) is 15.8. The topological polar surface area (TPSA) is 98.8 Å². The molecule has 0 spiro atoms. The number of halogens is 1. The number of para-hydroxylation sites is 2. The molecule has 2 aromatic carbocycles. The summed E-state index contributed by atoms with van der Waals surface area (Å²) in [4.78, 5) is 21.2. The molecule has 7 nitrogen and oxygen atoms in total. The first-order valence-corrected chi connectivity index (χ1v) is 9.03. The van der Waals surface area contributed by atoms with E-state index in [1.54, 1.807) is 12.1 Å². The largest absolute Gasteiger partial charge is 0.366 e. The molecule has 3 heterocycles. The number of nitrogens with one attached hydrogen (secondary N) is 1. The maximum Gasteiger partial charge on any atom is 0.269 e. The number of aromatic amines is 1. The van der Waals surface area contributed by atoms with E-state index < -0.39 is 5.41 Å². The molecule has 1 saturated heterocycles. The molecule has 2 atom stereocenters. The van der Waals surface area contributed by atoms with E-state index in [1.165, 1.54) is 0 Å². The van der Waals surface area contributed by atoms with Gasteiger partial charge in [-0.3, -0.25) is 10.1 Å². The Morgan fingerprint density at radius 1 is 1.32 bits per heavy atom. The van der Waals surface area contributed by atoms with Crippen molar-refractivity contribution < 1.29 is 4.92 Å². The summed E-state index contributed by atoms with van der Waals surface area (Å²) in [5.74, 6) is 0.653. The van der Waals surface area contributed by atoms with Crippen molar-refractivity contribution in [3.05, 3.63) is 64.0 Å². The van der Waals surface area contributed by atoms with Gasteiger partial charge in [-0.2, -0.15) is 5.26 Å². The molecule has 1 aromatic heterocycles. The number of benzene rings is 2. The van der Waals surface area contributed by atoms with Gasteiger partial charge in [0, 0.05) is 30.8 Å². The number of nitrogens with zero attached hydrogens (tertiary/aromatic N) is 4. The molecule has 28 heavy (non-hydrogen) atoms. The Kier molecular flexibility index (Phi) is 4.24. The van der Waals surface area contributed by atoms with Crippen molar-refractivity contribution in [2.24, 2.45) is 0 Å². The molecule has 0 radical (unpaired) electrons. The third kappa shape index (κ3) is 2.45. The summed E-state index contributed by atoms with van der Waals surface area (Å²) in [6, 6.07) is 15.3. The van der Waals surface area contributed by atoms with Crippen LogP contribution in [0.25, 0.3) is 11.0 Å². The Balaban J connectivity index is 0.00000192. The van der Waals surface area contributed by atoms with E-state index in [1.807, 2.05) is 30.3 Å². The minimum atomic E-state index is -0.849. The minimum Gasteiger partial charge on any atom is -0.366 e. The lowest BCUT2D eigenvalue weighted by molar-refractivity contribution is -0.384. The van der Waals surface area contributed by atoms with E-state index in [4.69, 9.17) is 4.98 Å². The zero-order valence-electron chi connectivity index (χ0n) is 15.0. The lowest BCUT2D eigenvalue weighted by atomic mass is 9.71. The lowest BCUT2D eigenvalue weighted by Crippen LogP contribution is -2.52. The van der Waals surface area contributed by atoms with Crippen molar-refractivity contribution >= 4 is 34.8 Å². The molecule has 2 aliphatic heterocycles. The monoisotopic (exact) mass is 395 g/mol. The molecule has 5 rings (SSSR count). The normalized spacial score (nSPS) is 22.8. The molecule has 0 saturated carbocycles. The van der Waals surface area contributed by atoms with Gasteiger partial charge < -0.3 is 9.88 Å². The molecule has 1 fully saturated rings. The number of fused-ring (bicyclic) bond motifs is 4. The minimum absolute atomic E-state index is 0. The number of imidazole rings is 1. The van der Waals surface area contributed by atoms with E-state index in [0.717, 1.165) is 41.7 Å². The fraction of sp³-hybridized carbons (Fsp3) is 0.300. The van der Waals surface area contributed by atoms with Crippen LogP contribution in [0.15, 0.2) is 42.5 Å². The smallest absolute Gasteiger partial charge is 0.269 e. The van der Waals surface area contributed by atoms with E-state index >= 15 is 0 Å². The highest BCUT2D eigenvalue weighted by Crippen LogP contribution is 2.47. The zero-order chi connectivity index (χ0) is 18.6. The Morgan fingerprint density at radius 2 is 2.14 bits per heavy atom. The molecular formula is C20H18ClN5O2. The van der Waals surface area contributed by atoms with Gasteiger partial charge in [0.05, 0.1) is 28.1 Å². The number of H-pyrrole nitrogens is 1. The third-order valence-electron chi connectivity index (χ3n) is 5.89. The van der Waals surface area contributed by atoms with Crippen molar-refractivity contribution in [2.45, 2.75) is 30.7 Å². The van der Waals surface area contributed by atoms with Crippen molar-refractivity contribution in [1.29, 1.82) is 5.26 Å². The molecule has 2 unspecified atom stereocenters. The van der Waals surface area contributed by atoms with Crippen LogP contribution in [-0.4, -0.2) is 27.5 Å². The predicted octanol–water partition coefficient (Wildman–Crippen LogP) is 3.88. The summed E-state index contributed by atoms with van der Waals surface area (Å²) in [5, 5.41) is 21.5. The van der Waals surface area contributed by atoms with Gasteiger partial charge in [0.2, 0.25) is 0 Å². The number of non-ortho nitro benzene ring substituents is 1. The number of hydrogen-bond acceptors (Lipinski definition) is 5. The molecule has 0 aliphatic carbocycles. The third-order valence-corrected chi connectivity index (χ3v) is 5.89. The van der Waals surface area contributed by atoms with Gasteiger partial charge in [-0.15, -0.1) is 12.4 Å². The molecule has 8 heteroatoms. The number of aromatic nitrogens is 2. The van der Waals surface area contributed by atoms with E-state index in [9.17, 15) is 15.4 Å². The Labute approximate surface area is 167 Å². The first-order chi connectivity index (χ1) is 13.1. The summed E-state index contributed by atoms with van der Waals surface area (Å²) in [5.41, 5.74) is 2.78. The van der Waals surface area contributed by atoms with Crippen molar-refractivity contribution in [2.75, 3.05) is 11.4 Å². The van der Waals surface area contributed by atoms with Crippen LogP contribution in [0.3, 0.4) is 0 Å². The highest BCUT2D eigenvalue weighted by atomic mass is 35.5. The Hall–Kier alpha value is -3.11. The fourth-order valence-corrected chi connectivity index (χ4v) is 4.67. The van der Waals surface area contributed by atoms with Gasteiger partial charge >= 0.3 is 0 Å². The van der Waals surface area contributed by atoms with Crippen LogP contribution in [0, 0.1) is 21.4 Å². The maximum atomic E-state index is 11.2. The Morgan fingerprint density at radius 3 is 2.89 bits per heavy atom. The van der Waals surface area contributed by atoms with Gasteiger partial charge in [0.1, 0.15) is 11.2 Å². The van der Waals surface area contributed by atoms with E-state index in [-0.39, 0.29) is 29.1 Å². The molecule has 0 bridgehead atoms. The summed E-state index contributed by atoms with van der Waals surface area (Å²) in [6.45, 7) is 0.846. The van der Waals surface area contributed by atoms with Gasteiger partial charge in [-0.05, 0) is 36.6 Å². The number of nitro benzene ring substituents is 1. The predicted molar refractivity (Wildman–Crippen MR) is 108 cm³/mol. The number of rotatable bonds is 2. The van der Waals surface area contributed by atoms with Crippen molar-refractivity contribution in [3.8, 4) is 6.07 Å². The second-order valence-electron chi connectivity index (χ2n) is 7.28. The van der Waals surface area contributed by atoms with Crippen LogP contribution in [0.5, 0.6) is 0 Å². The fourth-order valence-electron chi connectivity index (χ4n) is 4.67. The molecule has 2 aliphatic rings. The lowest BCUT2D eigenvalue weighted by Gasteiger charge is -2.43. The van der Waals surface area contributed by atoms with Crippen LogP contribution < -0.4 is 4.90 Å². The van der Waals surface area contributed by atoms with Gasteiger partial charge in [-0.1, -0.05) is 12.1 Å². The summed E-state index contributed by atoms with van der Waals surface area (Å²) >= 11 is 0. The van der Waals surface area contributed by atoms with Crippen LogP contribution in [0.4, 0.5) is 11.4 Å². The molecule has 142 valence electrons. The number of hydrogen-bond donors (Lipinski definition) is 1. The molecule has 1 N–H and O–H groups in total. The van der Waals surface area contributed by atoms with Gasteiger partial charge in [0.15, 0.2) is 0 Å². The first-order valence-electron chi connectivity index (χ1n) is 9.03. The summed E-state index contributed by atoms with van der Waals surface area (Å²) < 4.78 is 0. The SMILES string of the molecule is Cl.N#CC1(c2nc3ccccc3[nH]2)Cc2cc([N+](=O)[O-])ccc2N2CCCC21. The number of nitro groups is 1. The highest BCUT2D eigenvalue weighted by Gasteiger charge is 2.52. The average Bonchev–Trinajstić information content (AvgIpc) is 3.34. The van der Waals surface area contributed by atoms with Crippen LogP contribution in [0.1, 0.15) is 24.2 Å². The molecule has 3 aromatic rings. The van der Waals surface area contributed by atoms with Crippen molar-refractivity contribution in [3.63, 3.8) is 0 Å². The van der Waals surface area contributed by atoms with E-state index in [0.29, 0.717) is 12.2 Å². The second kappa shape index (κ2) is 6.50. The van der Waals surface area contributed by atoms with Crippen molar-refractivity contribution in [1.82, 2.24) is 9.97 Å². The number of nitriles is 1. The van der Waals surface area contributed by atoms with Gasteiger partial charge in [-0.25, -0.2) is 4.98 Å². The van der Waals surface area contributed by atoms with Crippen LogP contribution >= 0.6 is 12.4 Å². The highest BCUT2D eigenvalue weighted by molar-refractivity contribution is 5.85.